The minimum absolute atomic E-state index is 0.351. The van der Waals surface area contributed by atoms with Crippen molar-refractivity contribution in [2.45, 2.75) is 6.54 Å². The molecule has 0 bridgehead atoms. The maximum atomic E-state index is 11.6. The zero-order chi connectivity index (χ0) is 20.2. The Kier molecular flexibility index (Phi) is 5.78. The van der Waals surface area contributed by atoms with Crippen LogP contribution in [0.2, 0.25) is 5.02 Å². The van der Waals surface area contributed by atoms with E-state index in [9.17, 15) is 4.79 Å². The van der Waals surface area contributed by atoms with E-state index >= 15 is 0 Å². The van der Waals surface area contributed by atoms with E-state index in [0.29, 0.717) is 36.3 Å². The summed E-state index contributed by atoms with van der Waals surface area (Å²) in [5, 5.41) is 4.88. The lowest BCUT2D eigenvalue weighted by molar-refractivity contribution is 0.0600. The first kappa shape index (κ1) is 19.4. The summed E-state index contributed by atoms with van der Waals surface area (Å²) >= 11 is 6.20. The van der Waals surface area contributed by atoms with E-state index in [1.807, 2.05) is 30.3 Å². The summed E-state index contributed by atoms with van der Waals surface area (Å²) in [7, 11) is 1.37. The van der Waals surface area contributed by atoms with Crippen LogP contribution in [-0.4, -0.2) is 49.4 Å². The normalized spacial score (nSPS) is 14.1. The van der Waals surface area contributed by atoms with Crippen LogP contribution in [0, 0.1) is 0 Å². The fourth-order valence-electron chi connectivity index (χ4n) is 3.19. The van der Waals surface area contributed by atoms with Gasteiger partial charge < -0.3 is 19.7 Å². The average Bonchev–Trinajstić information content (AvgIpc) is 2.78. The highest BCUT2D eigenvalue weighted by atomic mass is 35.5. The first-order valence-electron chi connectivity index (χ1n) is 9.35. The number of nitrogens with one attached hydrogen (secondary N) is 1. The van der Waals surface area contributed by atoms with Crippen LogP contribution in [0.3, 0.4) is 0 Å². The third-order valence-electron chi connectivity index (χ3n) is 4.77. The van der Waals surface area contributed by atoms with Gasteiger partial charge in [-0.2, -0.15) is 4.98 Å². The lowest BCUT2D eigenvalue weighted by atomic mass is 10.1. The molecule has 4 rings (SSSR count). The maximum absolute atomic E-state index is 11.6. The van der Waals surface area contributed by atoms with Crippen LogP contribution in [0.5, 0.6) is 0 Å². The number of ether oxygens (including phenoxy) is 2. The second kappa shape index (κ2) is 8.63. The number of aromatic nitrogens is 2. The Morgan fingerprint density at radius 3 is 2.66 bits per heavy atom. The molecule has 1 N–H and O–H groups in total. The van der Waals surface area contributed by atoms with Crippen LogP contribution in [-0.2, 0) is 16.0 Å². The second-order valence-electron chi connectivity index (χ2n) is 6.68. The molecule has 0 aliphatic carbocycles. The van der Waals surface area contributed by atoms with Gasteiger partial charge in [0.2, 0.25) is 5.95 Å². The number of halogens is 1. The zero-order valence-electron chi connectivity index (χ0n) is 16.0. The van der Waals surface area contributed by atoms with Crippen molar-refractivity contribution >= 4 is 40.2 Å². The quantitative estimate of drug-likeness (QED) is 0.642. The van der Waals surface area contributed by atoms with Crippen molar-refractivity contribution in [3.05, 3.63) is 58.6 Å². The number of methoxy groups -OCH3 is 1. The summed E-state index contributed by atoms with van der Waals surface area (Å²) in [6.07, 6.45) is 0. The molecule has 2 aromatic carbocycles. The van der Waals surface area contributed by atoms with Crippen LogP contribution in [0.4, 0.5) is 11.8 Å². The number of hydrogen-bond donors (Lipinski definition) is 1. The predicted molar refractivity (Wildman–Crippen MR) is 113 cm³/mol. The largest absolute Gasteiger partial charge is 0.465 e. The number of morpholine rings is 1. The van der Waals surface area contributed by atoms with Gasteiger partial charge in [0.15, 0.2) is 0 Å². The fourth-order valence-corrected chi connectivity index (χ4v) is 3.36. The van der Waals surface area contributed by atoms with Crippen LogP contribution in [0.25, 0.3) is 10.9 Å². The Morgan fingerprint density at radius 2 is 1.93 bits per heavy atom. The summed E-state index contributed by atoms with van der Waals surface area (Å²) in [6, 6.07) is 12.9. The number of carbonyl (C=O) groups is 1. The Morgan fingerprint density at radius 1 is 1.17 bits per heavy atom. The third kappa shape index (κ3) is 4.41. The Balaban J connectivity index is 1.60. The Bertz CT molecular complexity index is 1020. The molecule has 1 saturated heterocycles. The van der Waals surface area contributed by atoms with Gasteiger partial charge in [-0.1, -0.05) is 23.7 Å². The average molecular weight is 413 g/mol. The van der Waals surface area contributed by atoms with E-state index in [-0.39, 0.29) is 5.97 Å². The Labute approximate surface area is 173 Å². The van der Waals surface area contributed by atoms with Gasteiger partial charge in [-0.15, -0.1) is 0 Å². The number of nitrogens with zero attached hydrogens (tertiary/aromatic N) is 3. The lowest BCUT2D eigenvalue weighted by Gasteiger charge is -2.27. The number of anilines is 2. The second-order valence-corrected chi connectivity index (χ2v) is 7.11. The van der Waals surface area contributed by atoms with Gasteiger partial charge in [-0.25, -0.2) is 9.78 Å². The molecule has 2 heterocycles. The first-order valence-corrected chi connectivity index (χ1v) is 9.73. The summed E-state index contributed by atoms with van der Waals surface area (Å²) < 4.78 is 10.2. The lowest BCUT2D eigenvalue weighted by Crippen LogP contribution is -2.37. The molecule has 0 saturated carbocycles. The molecular weight excluding hydrogens is 392 g/mol. The van der Waals surface area contributed by atoms with Gasteiger partial charge in [-0.05, 0) is 35.9 Å². The standard InChI is InChI=1S/C21H21ClN4O3/c1-28-20(27)15-4-2-14(3-5-15)13-23-19-17-12-16(22)6-7-18(17)24-21(25-19)26-8-10-29-11-9-26/h2-7,12H,8-11,13H2,1H3,(H,23,24,25). The molecule has 0 unspecified atom stereocenters. The Hall–Kier alpha value is -2.90. The highest BCUT2D eigenvalue weighted by Gasteiger charge is 2.17. The van der Waals surface area contributed by atoms with Crippen molar-refractivity contribution in [1.82, 2.24) is 9.97 Å². The number of esters is 1. The van der Waals surface area contributed by atoms with E-state index in [2.05, 4.69) is 10.2 Å². The SMILES string of the molecule is COC(=O)c1ccc(CNc2nc(N3CCOCC3)nc3ccc(Cl)cc23)cc1. The molecule has 7 nitrogen and oxygen atoms in total. The smallest absolute Gasteiger partial charge is 0.337 e. The maximum Gasteiger partial charge on any atom is 0.337 e. The van der Waals surface area contributed by atoms with E-state index < -0.39 is 0 Å². The first-order chi connectivity index (χ1) is 14.1. The summed E-state index contributed by atoms with van der Waals surface area (Å²) in [6.45, 7) is 3.39. The van der Waals surface area contributed by atoms with Crippen LogP contribution in [0.15, 0.2) is 42.5 Å². The summed E-state index contributed by atoms with van der Waals surface area (Å²) in [5.41, 5.74) is 2.36. The summed E-state index contributed by atoms with van der Waals surface area (Å²) in [5.74, 6) is 1.04. The fraction of sp³-hybridized carbons (Fsp3) is 0.286. The number of rotatable bonds is 5. The minimum Gasteiger partial charge on any atom is -0.465 e. The van der Waals surface area contributed by atoms with E-state index in [1.54, 1.807) is 12.1 Å². The van der Waals surface area contributed by atoms with Crippen LogP contribution in [0.1, 0.15) is 15.9 Å². The van der Waals surface area contributed by atoms with Crippen LogP contribution < -0.4 is 10.2 Å². The van der Waals surface area contributed by atoms with Gasteiger partial charge >= 0.3 is 5.97 Å². The van der Waals surface area contributed by atoms with Crippen molar-refractivity contribution in [3.8, 4) is 0 Å². The molecule has 1 aliphatic rings. The van der Waals surface area contributed by atoms with Crippen molar-refractivity contribution in [2.24, 2.45) is 0 Å². The van der Waals surface area contributed by atoms with Crippen LogP contribution >= 0.6 is 11.6 Å². The predicted octanol–water partition coefficient (Wildman–Crippen LogP) is 3.52. The van der Waals surface area contributed by atoms with E-state index in [0.717, 1.165) is 35.4 Å². The number of benzene rings is 2. The molecule has 0 atom stereocenters. The highest BCUT2D eigenvalue weighted by molar-refractivity contribution is 6.31. The van der Waals surface area contributed by atoms with E-state index in [4.69, 9.17) is 31.0 Å². The van der Waals surface area contributed by atoms with Gasteiger partial charge in [0.05, 0.1) is 31.4 Å². The number of hydrogen-bond acceptors (Lipinski definition) is 7. The van der Waals surface area contributed by atoms with Gasteiger partial charge in [0, 0.05) is 30.0 Å². The summed E-state index contributed by atoms with van der Waals surface area (Å²) in [4.78, 5) is 23.2. The number of carbonyl (C=O) groups excluding carboxylic acids is 1. The van der Waals surface area contributed by atoms with Crippen molar-refractivity contribution in [1.29, 1.82) is 0 Å². The molecule has 3 aromatic rings. The van der Waals surface area contributed by atoms with Gasteiger partial charge in [-0.3, -0.25) is 0 Å². The third-order valence-corrected chi connectivity index (χ3v) is 5.01. The molecule has 1 aliphatic heterocycles. The monoisotopic (exact) mass is 412 g/mol. The molecule has 150 valence electrons. The molecule has 0 spiro atoms. The molecular formula is C21H21ClN4O3. The highest BCUT2D eigenvalue weighted by Crippen LogP contribution is 2.27. The molecule has 29 heavy (non-hydrogen) atoms. The molecule has 1 aromatic heterocycles. The van der Waals surface area contributed by atoms with Crippen molar-refractivity contribution in [2.75, 3.05) is 43.6 Å². The molecule has 0 amide bonds. The van der Waals surface area contributed by atoms with Crippen molar-refractivity contribution < 1.29 is 14.3 Å². The van der Waals surface area contributed by atoms with E-state index in [1.165, 1.54) is 7.11 Å². The molecule has 8 heteroatoms. The zero-order valence-corrected chi connectivity index (χ0v) is 16.8. The van der Waals surface area contributed by atoms with Crippen molar-refractivity contribution in [3.63, 3.8) is 0 Å². The van der Waals surface area contributed by atoms with Gasteiger partial charge in [0.25, 0.3) is 0 Å². The number of fused-ring (bicyclic) bond motifs is 1. The molecule has 0 radical (unpaired) electrons. The van der Waals surface area contributed by atoms with Gasteiger partial charge in [0.1, 0.15) is 5.82 Å². The molecule has 1 fully saturated rings. The topological polar surface area (TPSA) is 76.6 Å². The minimum atomic E-state index is -0.351.